The van der Waals surface area contributed by atoms with Crippen molar-refractivity contribution >= 4 is 0 Å². The predicted octanol–water partition coefficient (Wildman–Crippen LogP) is 2.18. The van der Waals surface area contributed by atoms with E-state index in [2.05, 4.69) is 35.9 Å². The summed E-state index contributed by atoms with van der Waals surface area (Å²) in [7, 11) is 0. The fourth-order valence-electron chi connectivity index (χ4n) is 3.52. The maximum Gasteiger partial charge on any atom is 0.0223 e. The van der Waals surface area contributed by atoms with Gasteiger partial charge in [-0.05, 0) is 71.2 Å². The Labute approximate surface area is 119 Å². The molecule has 0 amide bonds. The lowest BCUT2D eigenvalue weighted by molar-refractivity contribution is 0.174. The van der Waals surface area contributed by atoms with E-state index in [9.17, 15) is 0 Å². The van der Waals surface area contributed by atoms with Crippen LogP contribution in [0.3, 0.4) is 0 Å². The molecule has 2 heterocycles. The van der Waals surface area contributed by atoms with Gasteiger partial charge in [0, 0.05) is 18.6 Å². The molecule has 2 aliphatic heterocycles. The Morgan fingerprint density at radius 1 is 1.11 bits per heavy atom. The minimum atomic E-state index is 0.736. The van der Waals surface area contributed by atoms with Crippen molar-refractivity contribution in [3.63, 3.8) is 0 Å². The highest BCUT2D eigenvalue weighted by molar-refractivity contribution is 4.86. The summed E-state index contributed by atoms with van der Waals surface area (Å²) >= 11 is 0. The zero-order valence-electron chi connectivity index (χ0n) is 13.2. The highest BCUT2D eigenvalue weighted by atomic mass is 15.3. The van der Waals surface area contributed by atoms with Crippen molar-refractivity contribution in [2.24, 2.45) is 5.92 Å². The van der Waals surface area contributed by atoms with Crippen molar-refractivity contribution in [1.29, 1.82) is 0 Å². The average molecular weight is 267 g/mol. The summed E-state index contributed by atoms with van der Waals surface area (Å²) in [5.41, 5.74) is 0. The van der Waals surface area contributed by atoms with E-state index in [4.69, 9.17) is 0 Å². The van der Waals surface area contributed by atoms with Gasteiger partial charge in [-0.25, -0.2) is 0 Å². The van der Waals surface area contributed by atoms with Gasteiger partial charge >= 0.3 is 0 Å². The minimum absolute atomic E-state index is 0.736. The standard InChI is InChI=1S/C16H33N3/c1-14(2)12-17-8-7-15(3)19-11-5-10-18-9-4-6-16(18)13-19/h14-17H,4-13H2,1-3H3. The van der Waals surface area contributed by atoms with Gasteiger partial charge in [0.25, 0.3) is 0 Å². The van der Waals surface area contributed by atoms with Crippen molar-refractivity contribution in [3.8, 4) is 0 Å². The van der Waals surface area contributed by atoms with Crippen molar-refractivity contribution in [2.75, 3.05) is 39.3 Å². The molecule has 0 aromatic rings. The molecule has 3 heteroatoms. The summed E-state index contributed by atoms with van der Waals surface area (Å²) in [6.07, 6.45) is 5.50. The first-order valence-corrected chi connectivity index (χ1v) is 8.35. The van der Waals surface area contributed by atoms with E-state index >= 15 is 0 Å². The van der Waals surface area contributed by atoms with Crippen molar-refractivity contribution in [1.82, 2.24) is 15.1 Å². The zero-order valence-corrected chi connectivity index (χ0v) is 13.2. The first-order chi connectivity index (χ1) is 9.16. The van der Waals surface area contributed by atoms with Crippen LogP contribution in [0.15, 0.2) is 0 Å². The second-order valence-corrected chi connectivity index (χ2v) is 6.92. The van der Waals surface area contributed by atoms with Crippen LogP contribution < -0.4 is 5.32 Å². The molecule has 0 spiro atoms. The Hall–Kier alpha value is -0.120. The van der Waals surface area contributed by atoms with E-state index < -0.39 is 0 Å². The van der Waals surface area contributed by atoms with Gasteiger partial charge in [0.05, 0.1) is 0 Å². The smallest absolute Gasteiger partial charge is 0.0223 e. The number of hydrogen-bond acceptors (Lipinski definition) is 3. The molecule has 2 atom stereocenters. The molecule has 2 saturated heterocycles. The van der Waals surface area contributed by atoms with Crippen molar-refractivity contribution in [2.45, 2.75) is 58.5 Å². The summed E-state index contributed by atoms with van der Waals surface area (Å²) in [4.78, 5) is 5.47. The Morgan fingerprint density at radius 2 is 1.89 bits per heavy atom. The molecule has 3 nitrogen and oxygen atoms in total. The number of nitrogens with zero attached hydrogens (tertiary/aromatic N) is 2. The third kappa shape index (κ3) is 4.73. The molecule has 2 fully saturated rings. The van der Waals surface area contributed by atoms with Crippen LogP contribution in [0.1, 0.15) is 46.5 Å². The Balaban J connectivity index is 1.70. The molecular weight excluding hydrogens is 234 g/mol. The molecule has 2 rings (SSSR count). The van der Waals surface area contributed by atoms with E-state index in [-0.39, 0.29) is 0 Å². The molecule has 0 bridgehead atoms. The lowest BCUT2D eigenvalue weighted by Gasteiger charge is -2.30. The summed E-state index contributed by atoms with van der Waals surface area (Å²) < 4.78 is 0. The first-order valence-electron chi connectivity index (χ1n) is 8.35. The maximum atomic E-state index is 3.58. The zero-order chi connectivity index (χ0) is 13.7. The van der Waals surface area contributed by atoms with E-state index in [0.29, 0.717) is 0 Å². The van der Waals surface area contributed by atoms with Crippen LogP contribution in [0.2, 0.25) is 0 Å². The summed E-state index contributed by atoms with van der Waals surface area (Å²) in [5, 5.41) is 3.58. The van der Waals surface area contributed by atoms with Crippen LogP contribution in [-0.2, 0) is 0 Å². The highest BCUT2D eigenvalue weighted by Gasteiger charge is 2.29. The van der Waals surface area contributed by atoms with Crippen LogP contribution >= 0.6 is 0 Å². The number of hydrogen-bond donors (Lipinski definition) is 1. The fourth-order valence-corrected chi connectivity index (χ4v) is 3.52. The Bertz CT molecular complexity index is 254. The number of rotatable bonds is 6. The molecule has 2 unspecified atom stereocenters. The predicted molar refractivity (Wildman–Crippen MR) is 82.6 cm³/mol. The topological polar surface area (TPSA) is 18.5 Å². The molecule has 0 aromatic carbocycles. The van der Waals surface area contributed by atoms with Gasteiger partial charge in [-0.1, -0.05) is 13.8 Å². The number of nitrogens with one attached hydrogen (secondary N) is 1. The first kappa shape index (κ1) is 15.3. The third-order valence-corrected chi connectivity index (χ3v) is 4.75. The van der Waals surface area contributed by atoms with Gasteiger partial charge in [-0.2, -0.15) is 0 Å². The summed E-state index contributed by atoms with van der Waals surface area (Å²) in [6.45, 7) is 14.6. The summed E-state index contributed by atoms with van der Waals surface area (Å²) in [5.74, 6) is 0.764. The van der Waals surface area contributed by atoms with Gasteiger partial charge in [-0.15, -0.1) is 0 Å². The monoisotopic (exact) mass is 267 g/mol. The fraction of sp³-hybridized carbons (Fsp3) is 1.00. The molecule has 0 aliphatic carbocycles. The normalized spacial score (nSPS) is 27.5. The Morgan fingerprint density at radius 3 is 2.68 bits per heavy atom. The molecule has 0 radical (unpaired) electrons. The molecule has 1 N–H and O–H groups in total. The molecule has 19 heavy (non-hydrogen) atoms. The summed E-state index contributed by atoms with van der Waals surface area (Å²) in [6, 6.07) is 1.59. The van der Waals surface area contributed by atoms with Crippen LogP contribution in [0.5, 0.6) is 0 Å². The van der Waals surface area contributed by atoms with Crippen LogP contribution in [-0.4, -0.2) is 61.2 Å². The van der Waals surface area contributed by atoms with Gasteiger partial charge in [0.1, 0.15) is 0 Å². The largest absolute Gasteiger partial charge is 0.316 e. The van der Waals surface area contributed by atoms with Crippen molar-refractivity contribution in [3.05, 3.63) is 0 Å². The van der Waals surface area contributed by atoms with Gasteiger partial charge in [0.15, 0.2) is 0 Å². The lowest BCUT2D eigenvalue weighted by atomic mass is 10.1. The SMILES string of the molecule is CC(C)CNCCC(C)N1CCCN2CCCC2C1. The van der Waals surface area contributed by atoms with Crippen LogP contribution in [0.4, 0.5) is 0 Å². The van der Waals surface area contributed by atoms with E-state index in [0.717, 1.165) is 24.5 Å². The quantitative estimate of drug-likeness (QED) is 0.744. The molecule has 2 aliphatic rings. The van der Waals surface area contributed by atoms with Crippen LogP contribution in [0, 0.1) is 5.92 Å². The molecule has 0 aromatic heterocycles. The van der Waals surface area contributed by atoms with Gasteiger partial charge in [-0.3, -0.25) is 9.80 Å². The second-order valence-electron chi connectivity index (χ2n) is 6.92. The van der Waals surface area contributed by atoms with E-state index in [1.807, 2.05) is 0 Å². The Kier molecular flexibility index (Phi) is 6.11. The average Bonchev–Trinajstić information content (AvgIpc) is 2.71. The van der Waals surface area contributed by atoms with Crippen LogP contribution in [0.25, 0.3) is 0 Å². The van der Waals surface area contributed by atoms with Gasteiger partial charge in [0.2, 0.25) is 0 Å². The molecule has 112 valence electrons. The minimum Gasteiger partial charge on any atom is -0.316 e. The maximum absolute atomic E-state index is 3.58. The van der Waals surface area contributed by atoms with E-state index in [1.165, 1.54) is 58.4 Å². The second kappa shape index (κ2) is 7.61. The van der Waals surface area contributed by atoms with E-state index in [1.54, 1.807) is 0 Å². The molecular formula is C16H33N3. The lowest BCUT2D eigenvalue weighted by Crippen LogP contribution is -2.41. The highest BCUT2D eigenvalue weighted by Crippen LogP contribution is 2.22. The third-order valence-electron chi connectivity index (χ3n) is 4.75. The van der Waals surface area contributed by atoms with Gasteiger partial charge < -0.3 is 5.32 Å². The number of fused-ring (bicyclic) bond motifs is 1. The van der Waals surface area contributed by atoms with Crippen molar-refractivity contribution < 1.29 is 0 Å². The molecule has 0 saturated carbocycles.